The van der Waals surface area contributed by atoms with Gasteiger partial charge in [-0.25, -0.2) is 0 Å². The Kier molecular flexibility index (Phi) is 56.8. The standard InChI is InChI=1S/C66H112O6/c1-4-7-10-13-16-19-22-25-27-29-31-32-33-34-36-37-39-41-44-47-50-53-56-59-65(68)71-62-63(61-70-64(67)58-55-52-49-46-43-24-21-18-15-12-9-6-3)72-66(69)60-57-54-51-48-45-42-40-38-35-30-28-26-23-20-17-14-11-8-5-2/h7,10,16-17,19-20,25-28,31-32,34,36,39,41,63H,4-6,8-9,11-15,18,21-24,29-30,33,35,37-38,40,42-62H2,1-3H3/b10-7-,19-16-,20-17-,27-25-,28-26-,32-31-,36-34-,41-39-. The van der Waals surface area contributed by atoms with Gasteiger partial charge in [-0.1, -0.05) is 259 Å². The van der Waals surface area contributed by atoms with Crippen LogP contribution in [0.25, 0.3) is 0 Å². The summed E-state index contributed by atoms with van der Waals surface area (Å²) in [7, 11) is 0. The molecule has 0 bridgehead atoms. The summed E-state index contributed by atoms with van der Waals surface area (Å²) in [4.78, 5) is 38.2. The summed E-state index contributed by atoms with van der Waals surface area (Å²) < 4.78 is 16.9. The third-order valence-corrected chi connectivity index (χ3v) is 12.8. The number of carbonyl (C=O) groups is 3. The van der Waals surface area contributed by atoms with Gasteiger partial charge in [0, 0.05) is 19.3 Å². The summed E-state index contributed by atoms with van der Waals surface area (Å²) in [6.45, 7) is 6.49. The van der Waals surface area contributed by atoms with Gasteiger partial charge in [0.25, 0.3) is 0 Å². The van der Waals surface area contributed by atoms with Gasteiger partial charge in [-0.3, -0.25) is 14.4 Å². The molecule has 0 aromatic carbocycles. The predicted molar refractivity (Wildman–Crippen MR) is 311 cm³/mol. The van der Waals surface area contributed by atoms with E-state index in [1.54, 1.807) is 0 Å². The molecular weight excluding hydrogens is 889 g/mol. The second kappa shape index (κ2) is 59.9. The molecule has 1 atom stereocenters. The van der Waals surface area contributed by atoms with Gasteiger partial charge in [0.05, 0.1) is 0 Å². The van der Waals surface area contributed by atoms with E-state index in [4.69, 9.17) is 14.2 Å². The minimum Gasteiger partial charge on any atom is -0.462 e. The van der Waals surface area contributed by atoms with Gasteiger partial charge in [-0.2, -0.15) is 0 Å². The van der Waals surface area contributed by atoms with Gasteiger partial charge >= 0.3 is 17.9 Å². The van der Waals surface area contributed by atoms with Crippen LogP contribution in [0.4, 0.5) is 0 Å². The van der Waals surface area contributed by atoms with E-state index in [1.807, 2.05) is 0 Å². The third-order valence-electron chi connectivity index (χ3n) is 12.8. The fraction of sp³-hybridized carbons (Fsp3) is 0.712. The lowest BCUT2D eigenvalue weighted by Crippen LogP contribution is -2.30. The minimum atomic E-state index is -0.790. The lowest BCUT2D eigenvalue weighted by Gasteiger charge is -2.18. The SMILES string of the molecule is CC/C=C\C/C=C\C/C=C\C/C=C\C/C=C\C/C=C\CCCCCCC(=O)OCC(COC(=O)CCCCCCCCCCCCCC)OC(=O)CCCCCCCCCCC/C=C\C/C=C\CCCCC. The zero-order chi connectivity index (χ0) is 52.2. The molecule has 0 saturated heterocycles. The molecule has 0 N–H and O–H groups in total. The molecule has 0 saturated carbocycles. The molecule has 1 unspecified atom stereocenters. The van der Waals surface area contributed by atoms with Gasteiger partial charge in [0.1, 0.15) is 13.2 Å². The highest BCUT2D eigenvalue weighted by molar-refractivity contribution is 5.71. The maximum Gasteiger partial charge on any atom is 0.306 e. The Bertz CT molecular complexity index is 1430. The van der Waals surface area contributed by atoms with Crippen LogP contribution < -0.4 is 0 Å². The van der Waals surface area contributed by atoms with Crippen LogP contribution in [-0.2, 0) is 28.6 Å². The zero-order valence-electron chi connectivity index (χ0n) is 47.2. The molecule has 0 aromatic rings. The topological polar surface area (TPSA) is 78.9 Å². The van der Waals surface area contributed by atoms with Crippen molar-refractivity contribution in [3.63, 3.8) is 0 Å². The Labute approximate surface area is 445 Å². The lowest BCUT2D eigenvalue weighted by molar-refractivity contribution is -0.167. The zero-order valence-corrected chi connectivity index (χ0v) is 47.2. The van der Waals surface area contributed by atoms with Crippen LogP contribution in [0.2, 0.25) is 0 Å². The summed E-state index contributed by atoms with van der Waals surface area (Å²) >= 11 is 0. The molecule has 0 spiro atoms. The second-order valence-corrected chi connectivity index (χ2v) is 19.9. The van der Waals surface area contributed by atoms with Crippen LogP contribution in [0, 0.1) is 0 Å². The first kappa shape index (κ1) is 68.3. The predicted octanol–water partition coefficient (Wildman–Crippen LogP) is 20.5. The third kappa shape index (κ3) is 57.2. The van der Waals surface area contributed by atoms with E-state index in [9.17, 15) is 14.4 Å². The van der Waals surface area contributed by atoms with Crippen molar-refractivity contribution in [1.29, 1.82) is 0 Å². The number of hydrogen-bond acceptors (Lipinski definition) is 6. The van der Waals surface area contributed by atoms with Crippen molar-refractivity contribution in [3.8, 4) is 0 Å². The van der Waals surface area contributed by atoms with Crippen LogP contribution in [-0.4, -0.2) is 37.2 Å². The van der Waals surface area contributed by atoms with Crippen molar-refractivity contribution in [3.05, 3.63) is 97.2 Å². The van der Waals surface area contributed by atoms with E-state index in [2.05, 4.69) is 118 Å². The summed E-state index contributed by atoms with van der Waals surface area (Å²) in [5.41, 5.74) is 0. The summed E-state index contributed by atoms with van der Waals surface area (Å²) in [5.74, 6) is -0.909. The number of esters is 3. The smallest absolute Gasteiger partial charge is 0.306 e. The molecule has 0 aliphatic rings. The molecule has 0 aliphatic carbocycles. The molecule has 0 aliphatic heterocycles. The molecule has 412 valence electrons. The Morgan fingerprint density at radius 3 is 0.875 bits per heavy atom. The largest absolute Gasteiger partial charge is 0.462 e. The fourth-order valence-electron chi connectivity index (χ4n) is 8.30. The van der Waals surface area contributed by atoms with Crippen molar-refractivity contribution in [2.24, 2.45) is 0 Å². The Morgan fingerprint density at radius 2 is 0.542 bits per heavy atom. The number of carbonyl (C=O) groups excluding carboxylic acids is 3. The van der Waals surface area contributed by atoms with Gasteiger partial charge in [-0.15, -0.1) is 0 Å². The van der Waals surface area contributed by atoms with Gasteiger partial charge in [0.15, 0.2) is 6.10 Å². The highest BCUT2D eigenvalue weighted by atomic mass is 16.6. The molecule has 0 radical (unpaired) electrons. The molecular formula is C66H112O6. The number of ether oxygens (including phenoxy) is 3. The molecule has 0 heterocycles. The molecule has 0 fully saturated rings. The number of hydrogen-bond donors (Lipinski definition) is 0. The van der Waals surface area contributed by atoms with Crippen molar-refractivity contribution < 1.29 is 28.6 Å². The first-order valence-corrected chi connectivity index (χ1v) is 30.2. The highest BCUT2D eigenvalue weighted by Crippen LogP contribution is 2.15. The Morgan fingerprint density at radius 1 is 0.292 bits per heavy atom. The van der Waals surface area contributed by atoms with Crippen LogP contribution >= 0.6 is 0 Å². The lowest BCUT2D eigenvalue weighted by atomic mass is 10.0. The first-order chi connectivity index (χ1) is 35.5. The van der Waals surface area contributed by atoms with Crippen LogP contribution in [0.3, 0.4) is 0 Å². The average Bonchev–Trinajstić information content (AvgIpc) is 3.38. The first-order valence-electron chi connectivity index (χ1n) is 30.2. The number of allylic oxidation sites excluding steroid dienone is 16. The summed E-state index contributed by atoms with van der Waals surface area (Å²) in [5, 5.41) is 0. The van der Waals surface area contributed by atoms with Crippen molar-refractivity contribution in [1.82, 2.24) is 0 Å². The van der Waals surface area contributed by atoms with E-state index in [0.717, 1.165) is 116 Å². The average molecular weight is 1000 g/mol. The Balaban J connectivity index is 4.40. The second-order valence-electron chi connectivity index (χ2n) is 19.9. The highest BCUT2D eigenvalue weighted by Gasteiger charge is 2.19. The summed E-state index contributed by atoms with van der Waals surface area (Å²) in [6, 6.07) is 0. The van der Waals surface area contributed by atoms with Crippen LogP contribution in [0.15, 0.2) is 97.2 Å². The monoisotopic (exact) mass is 1000 g/mol. The Hall–Kier alpha value is -3.67. The van der Waals surface area contributed by atoms with Crippen LogP contribution in [0.1, 0.15) is 284 Å². The van der Waals surface area contributed by atoms with Crippen molar-refractivity contribution in [2.45, 2.75) is 290 Å². The maximum absolute atomic E-state index is 12.9. The maximum atomic E-state index is 12.9. The number of rotatable bonds is 54. The molecule has 6 heteroatoms. The molecule has 0 aromatic heterocycles. The molecule has 6 nitrogen and oxygen atoms in total. The minimum absolute atomic E-state index is 0.0858. The van der Waals surface area contributed by atoms with E-state index in [-0.39, 0.29) is 31.1 Å². The molecule has 0 amide bonds. The van der Waals surface area contributed by atoms with Crippen molar-refractivity contribution in [2.75, 3.05) is 13.2 Å². The number of unbranched alkanes of at least 4 members (excludes halogenated alkanes) is 27. The van der Waals surface area contributed by atoms with Crippen molar-refractivity contribution >= 4 is 17.9 Å². The van der Waals surface area contributed by atoms with E-state index < -0.39 is 6.10 Å². The van der Waals surface area contributed by atoms with E-state index in [0.29, 0.717) is 19.3 Å². The fourth-order valence-corrected chi connectivity index (χ4v) is 8.30. The van der Waals surface area contributed by atoms with E-state index in [1.165, 1.54) is 128 Å². The van der Waals surface area contributed by atoms with Gasteiger partial charge < -0.3 is 14.2 Å². The van der Waals surface area contributed by atoms with E-state index >= 15 is 0 Å². The van der Waals surface area contributed by atoms with Gasteiger partial charge in [-0.05, 0) is 103 Å². The van der Waals surface area contributed by atoms with Gasteiger partial charge in [0.2, 0.25) is 0 Å². The summed E-state index contributed by atoms with van der Waals surface area (Å²) in [6.07, 6.45) is 79.7. The quantitative estimate of drug-likeness (QED) is 0.0261. The molecule has 72 heavy (non-hydrogen) atoms. The molecule has 0 rings (SSSR count). The van der Waals surface area contributed by atoms with Crippen LogP contribution in [0.5, 0.6) is 0 Å². The normalized spacial score (nSPS) is 12.8.